The van der Waals surface area contributed by atoms with E-state index in [0.29, 0.717) is 24.0 Å². The molecular weight excluding hydrogens is 256 g/mol. The van der Waals surface area contributed by atoms with Crippen molar-refractivity contribution in [3.63, 3.8) is 0 Å². The maximum atomic E-state index is 12.5. The molecule has 1 nitrogen and oxygen atoms in total. The Labute approximate surface area is 128 Å². The van der Waals surface area contributed by atoms with Gasteiger partial charge in [-0.2, -0.15) is 0 Å². The fourth-order valence-corrected chi connectivity index (χ4v) is 4.02. The number of benzene rings is 1. The quantitative estimate of drug-likeness (QED) is 0.707. The molecule has 3 rings (SSSR count). The summed E-state index contributed by atoms with van der Waals surface area (Å²) in [5.74, 6) is 1.41. The summed E-state index contributed by atoms with van der Waals surface area (Å²) in [4.78, 5) is 12.5. The molecule has 2 aliphatic carbocycles. The van der Waals surface area contributed by atoms with Crippen LogP contribution in [-0.4, -0.2) is 5.78 Å². The van der Waals surface area contributed by atoms with Crippen LogP contribution in [0, 0.1) is 12.8 Å². The maximum Gasteiger partial charge on any atom is 0.164 e. The van der Waals surface area contributed by atoms with Gasteiger partial charge in [-0.3, -0.25) is 4.79 Å². The van der Waals surface area contributed by atoms with Crippen LogP contribution in [0.1, 0.15) is 75.0 Å². The second-order valence-corrected chi connectivity index (χ2v) is 7.01. The minimum absolute atomic E-state index is 0.348. The van der Waals surface area contributed by atoms with Crippen LogP contribution >= 0.6 is 0 Å². The Morgan fingerprint density at radius 2 is 1.76 bits per heavy atom. The number of rotatable bonds is 2. The van der Waals surface area contributed by atoms with Crippen molar-refractivity contribution in [2.24, 2.45) is 5.92 Å². The van der Waals surface area contributed by atoms with E-state index in [4.69, 9.17) is 0 Å². The minimum atomic E-state index is 0.348. The Bertz CT molecular complexity index is 588. The number of carbonyl (C=O) groups is 1. The number of allylic oxidation sites excluding steroid dienone is 2. The van der Waals surface area contributed by atoms with Crippen LogP contribution in [0.4, 0.5) is 0 Å². The van der Waals surface area contributed by atoms with Gasteiger partial charge in [0.25, 0.3) is 0 Å². The molecule has 1 atom stereocenters. The lowest BCUT2D eigenvalue weighted by atomic mass is 9.79. The van der Waals surface area contributed by atoms with E-state index in [1.807, 2.05) is 0 Å². The van der Waals surface area contributed by atoms with E-state index in [-0.39, 0.29) is 0 Å². The van der Waals surface area contributed by atoms with Crippen LogP contribution in [0.2, 0.25) is 0 Å². The molecule has 1 heteroatoms. The summed E-state index contributed by atoms with van der Waals surface area (Å²) in [6.45, 7) is 6.49. The van der Waals surface area contributed by atoms with Gasteiger partial charge in [0.05, 0.1) is 0 Å². The van der Waals surface area contributed by atoms with Crippen LogP contribution in [0.3, 0.4) is 0 Å². The molecule has 0 amide bonds. The molecule has 0 N–H and O–H groups in total. The first-order valence-corrected chi connectivity index (χ1v) is 8.43. The number of aryl methyl sites for hydroxylation is 1. The van der Waals surface area contributed by atoms with Crippen molar-refractivity contribution in [1.29, 1.82) is 0 Å². The van der Waals surface area contributed by atoms with Crippen molar-refractivity contribution < 1.29 is 4.79 Å². The smallest absolute Gasteiger partial charge is 0.164 e. The summed E-state index contributed by atoms with van der Waals surface area (Å²) in [6.07, 6.45) is 7.30. The molecule has 0 heterocycles. The summed E-state index contributed by atoms with van der Waals surface area (Å²) in [5, 5.41) is 0. The average Bonchev–Trinajstić information content (AvgIpc) is 2.73. The zero-order valence-electron chi connectivity index (χ0n) is 13.5. The second-order valence-electron chi connectivity index (χ2n) is 7.01. The number of ketones is 1. The summed E-state index contributed by atoms with van der Waals surface area (Å²) in [6, 6.07) is 6.70. The molecule has 21 heavy (non-hydrogen) atoms. The Morgan fingerprint density at radius 3 is 2.38 bits per heavy atom. The first kappa shape index (κ1) is 14.6. The van der Waals surface area contributed by atoms with E-state index in [2.05, 4.69) is 39.0 Å². The van der Waals surface area contributed by atoms with Gasteiger partial charge in [0.15, 0.2) is 5.78 Å². The number of carbonyl (C=O) groups excluding carboxylic acids is 1. The Hall–Kier alpha value is -1.37. The Balaban J connectivity index is 2.08. The molecule has 1 aromatic rings. The van der Waals surface area contributed by atoms with Gasteiger partial charge in [-0.15, -0.1) is 0 Å². The molecule has 1 aromatic carbocycles. The number of hydrogen-bond donors (Lipinski definition) is 0. The topological polar surface area (TPSA) is 17.1 Å². The van der Waals surface area contributed by atoms with E-state index in [9.17, 15) is 4.79 Å². The molecule has 0 aliphatic heterocycles. The van der Waals surface area contributed by atoms with Crippen molar-refractivity contribution in [2.45, 2.75) is 65.2 Å². The second kappa shape index (κ2) is 5.79. The summed E-state index contributed by atoms with van der Waals surface area (Å²) < 4.78 is 0. The van der Waals surface area contributed by atoms with Crippen molar-refractivity contribution in [1.82, 2.24) is 0 Å². The molecule has 112 valence electrons. The fourth-order valence-electron chi connectivity index (χ4n) is 4.02. The standard InChI is InChI=1S/C20H26O/c1-13-9-10-17(20-15(3)14(2)12-19(20)21)18(11-13)16-7-5-4-6-8-16/h9-11,14,16H,4-8,12H2,1-3H3. The fraction of sp³-hybridized carbons (Fsp3) is 0.550. The Morgan fingerprint density at radius 1 is 1.05 bits per heavy atom. The predicted molar refractivity (Wildman–Crippen MR) is 88.4 cm³/mol. The maximum absolute atomic E-state index is 12.5. The van der Waals surface area contributed by atoms with E-state index in [1.54, 1.807) is 0 Å². The highest BCUT2D eigenvalue weighted by Crippen LogP contribution is 2.41. The molecule has 0 radical (unpaired) electrons. The highest BCUT2D eigenvalue weighted by molar-refractivity contribution is 6.24. The lowest BCUT2D eigenvalue weighted by Crippen LogP contribution is -2.09. The van der Waals surface area contributed by atoms with E-state index in [1.165, 1.54) is 54.4 Å². The first-order chi connectivity index (χ1) is 10.1. The predicted octanol–water partition coefficient (Wildman–Crippen LogP) is 5.43. The van der Waals surface area contributed by atoms with Gasteiger partial charge in [-0.05, 0) is 49.7 Å². The van der Waals surface area contributed by atoms with Crippen molar-refractivity contribution >= 4 is 11.4 Å². The summed E-state index contributed by atoms with van der Waals surface area (Å²) in [5.41, 5.74) is 6.31. The van der Waals surface area contributed by atoms with E-state index in [0.717, 1.165) is 5.57 Å². The van der Waals surface area contributed by atoms with Gasteiger partial charge in [0, 0.05) is 12.0 Å². The van der Waals surface area contributed by atoms with Gasteiger partial charge in [0.2, 0.25) is 0 Å². The van der Waals surface area contributed by atoms with Crippen molar-refractivity contribution in [3.8, 4) is 0 Å². The highest BCUT2D eigenvalue weighted by Gasteiger charge is 2.30. The average molecular weight is 282 g/mol. The molecule has 0 aromatic heterocycles. The zero-order valence-corrected chi connectivity index (χ0v) is 13.5. The lowest BCUT2D eigenvalue weighted by molar-refractivity contribution is -0.113. The normalized spacial score (nSPS) is 24.0. The molecule has 2 aliphatic rings. The van der Waals surface area contributed by atoms with Gasteiger partial charge in [-0.1, -0.05) is 55.5 Å². The van der Waals surface area contributed by atoms with Crippen LogP contribution in [0.25, 0.3) is 5.57 Å². The van der Waals surface area contributed by atoms with Gasteiger partial charge >= 0.3 is 0 Å². The lowest BCUT2D eigenvalue weighted by Gasteiger charge is -2.25. The van der Waals surface area contributed by atoms with Gasteiger partial charge < -0.3 is 0 Å². The van der Waals surface area contributed by atoms with E-state index >= 15 is 0 Å². The Kier molecular flexibility index (Phi) is 4.01. The summed E-state index contributed by atoms with van der Waals surface area (Å²) >= 11 is 0. The number of Topliss-reactive ketones (excluding diaryl/α,β-unsaturated/α-hetero) is 1. The molecule has 0 saturated heterocycles. The largest absolute Gasteiger partial charge is 0.294 e. The van der Waals surface area contributed by atoms with Crippen molar-refractivity contribution in [3.05, 3.63) is 40.5 Å². The first-order valence-electron chi connectivity index (χ1n) is 8.43. The van der Waals surface area contributed by atoms with Crippen LogP contribution in [0.5, 0.6) is 0 Å². The molecule has 0 spiro atoms. The molecular formula is C20H26O. The minimum Gasteiger partial charge on any atom is -0.294 e. The number of hydrogen-bond acceptors (Lipinski definition) is 1. The molecule has 1 unspecified atom stereocenters. The third-order valence-electron chi connectivity index (χ3n) is 5.43. The monoisotopic (exact) mass is 282 g/mol. The van der Waals surface area contributed by atoms with Gasteiger partial charge in [0.1, 0.15) is 0 Å². The van der Waals surface area contributed by atoms with Crippen molar-refractivity contribution in [2.75, 3.05) is 0 Å². The van der Waals surface area contributed by atoms with Crippen LogP contribution in [0.15, 0.2) is 23.8 Å². The molecule has 1 saturated carbocycles. The van der Waals surface area contributed by atoms with E-state index < -0.39 is 0 Å². The molecule has 1 fully saturated rings. The third kappa shape index (κ3) is 2.71. The SMILES string of the molecule is CC1=C(c2ccc(C)cc2C2CCCCC2)C(=O)CC1C. The highest BCUT2D eigenvalue weighted by atomic mass is 16.1. The van der Waals surface area contributed by atoms with Crippen LogP contribution < -0.4 is 0 Å². The van der Waals surface area contributed by atoms with Crippen LogP contribution in [-0.2, 0) is 4.79 Å². The zero-order chi connectivity index (χ0) is 15.0. The summed E-state index contributed by atoms with van der Waals surface area (Å²) in [7, 11) is 0. The molecule has 0 bridgehead atoms. The van der Waals surface area contributed by atoms with Gasteiger partial charge in [-0.25, -0.2) is 0 Å². The third-order valence-corrected chi connectivity index (χ3v) is 5.43.